The highest BCUT2D eigenvalue weighted by atomic mass is 28.3. The largest absolute Gasteiger partial charge is 0.0919 e. The van der Waals surface area contributed by atoms with Crippen molar-refractivity contribution in [1.29, 1.82) is 0 Å². The smallest absolute Gasteiger partial charge is 0.0511 e. The molecule has 0 radical (unpaired) electrons. The van der Waals surface area contributed by atoms with Crippen molar-refractivity contribution in [2.45, 2.75) is 51.9 Å². The van der Waals surface area contributed by atoms with Gasteiger partial charge in [0, 0.05) is 0 Å². The summed E-state index contributed by atoms with van der Waals surface area (Å²) in [5, 5.41) is 0. The van der Waals surface area contributed by atoms with Gasteiger partial charge in [-0.05, 0) is 13.0 Å². The molecular weight excluding hydrogens is 148 g/mol. The van der Waals surface area contributed by atoms with E-state index in [1.54, 1.807) is 0 Å². The molecule has 0 nitrogen and oxygen atoms in total. The number of unbranched alkanes of at least 4 members (excludes halogenated alkanes) is 1. The van der Waals surface area contributed by atoms with Crippen molar-refractivity contribution in [3.8, 4) is 0 Å². The molecule has 0 fully saturated rings. The molecule has 0 bridgehead atoms. The van der Waals surface area contributed by atoms with Gasteiger partial charge >= 0.3 is 0 Å². The fourth-order valence-electron chi connectivity index (χ4n) is 1.19. The third-order valence-electron chi connectivity index (χ3n) is 2.11. The van der Waals surface area contributed by atoms with Crippen molar-refractivity contribution >= 4 is 8.07 Å². The second kappa shape index (κ2) is 5.59. The van der Waals surface area contributed by atoms with E-state index in [-0.39, 0.29) is 0 Å². The standard InChI is InChI=1S/C10H22Si/c1-5-7-9-11(3,4)10-8-6-2/h5,7H,6,8-10H2,1-4H3. The zero-order valence-electron chi connectivity index (χ0n) is 8.48. The molecule has 0 rings (SSSR count). The fraction of sp³-hybridized carbons (Fsp3) is 0.800. The van der Waals surface area contributed by atoms with Gasteiger partial charge in [0.1, 0.15) is 0 Å². The minimum atomic E-state index is -0.832. The molecule has 0 unspecified atom stereocenters. The third-order valence-corrected chi connectivity index (χ3v) is 5.16. The first-order valence-corrected chi connectivity index (χ1v) is 8.15. The van der Waals surface area contributed by atoms with E-state index >= 15 is 0 Å². The Morgan fingerprint density at radius 3 is 2.36 bits per heavy atom. The summed E-state index contributed by atoms with van der Waals surface area (Å²) in [6, 6.07) is 2.86. The highest BCUT2D eigenvalue weighted by Gasteiger charge is 2.16. The summed E-state index contributed by atoms with van der Waals surface area (Å²) in [6.45, 7) is 9.37. The van der Waals surface area contributed by atoms with Crippen LogP contribution in [0.3, 0.4) is 0 Å². The maximum atomic E-state index is 2.49. The van der Waals surface area contributed by atoms with Crippen LogP contribution in [0, 0.1) is 0 Å². The molecule has 0 spiro atoms. The normalized spacial score (nSPS) is 12.7. The second-order valence-electron chi connectivity index (χ2n) is 4.04. The Morgan fingerprint density at radius 1 is 1.27 bits per heavy atom. The summed E-state index contributed by atoms with van der Waals surface area (Å²) in [5.74, 6) is 0. The molecule has 66 valence electrons. The molecule has 0 amide bonds. The van der Waals surface area contributed by atoms with Gasteiger partial charge in [-0.25, -0.2) is 0 Å². The molecule has 1 heteroatoms. The lowest BCUT2D eigenvalue weighted by Gasteiger charge is -2.19. The van der Waals surface area contributed by atoms with Crippen molar-refractivity contribution in [1.82, 2.24) is 0 Å². The number of rotatable bonds is 5. The molecule has 0 aliphatic heterocycles. The van der Waals surface area contributed by atoms with Crippen LogP contribution in [0.25, 0.3) is 0 Å². The van der Waals surface area contributed by atoms with Gasteiger partial charge in [-0.15, -0.1) is 0 Å². The Hall–Kier alpha value is -0.0431. The molecule has 0 aromatic carbocycles. The third kappa shape index (κ3) is 6.36. The molecule has 0 heterocycles. The van der Waals surface area contributed by atoms with Crippen LogP contribution < -0.4 is 0 Å². The quantitative estimate of drug-likeness (QED) is 0.431. The van der Waals surface area contributed by atoms with Gasteiger partial charge in [0.05, 0.1) is 8.07 Å². The Kier molecular flexibility index (Phi) is 5.57. The summed E-state index contributed by atoms with van der Waals surface area (Å²) in [5.41, 5.74) is 0. The number of hydrogen-bond acceptors (Lipinski definition) is 0. The van der Waals surface area contributed by atoms with Crippen LogP contribution in [-0.2, 0) is 0 Å². The van der Waals surface area contributed by atoms with Crippen LogP contribution in [-0.4, -0.2) is 8.07 Å². The SMILES string of the molecule is CC=CC[Si](C)(C)CCCC. The summed E-state index contributed by atoms with van der Waals surface area (Å²) >= 11 is 0. The number of allylic oxidation sites excluding steroid dienone is 2. The van der Waals surface area contributed by atoms with Crippen molar-refractivity contribution in [2.24, 2.45) is 0 Å². The maximum Gasteiger partial charge on any atom is 0.0511 e. The lowest BCUT2D eigenvalue weighted by molar-refractivity contribution is 0.866. The van der Waals surface area contributed by atoms with Crippen molar-refractivity contribution < 1.29 is 0 Å². The molecule has 0 saturated carbocycles. The van der Waals surface area contributed by atoms with E-state index in [0.29, 0.717) is 0 Å². The van der Waals surface area contributed by atoms with Crippen LogP contribution in [0.4, 0.5) is 0 Å². The average molecular weight is 170 g/mol. The van der Waals surface area contributed by atoms with E-state index in [9.17, 15) is 0 Å². The van der Waals surface area contributed by atoms with E-state index in [2.05, 4.69) is 39.1 Å². The monoisotopic (exact) mass is 170 g/mol. The fourth-order valence-corrected chi connectivity index (χ4v) is 3.58. The summed E-state index contributed by atoms with van der Waals surface area (Å²) in [6.07, 6.45) is 7.30. The molecule has 11 heavy (non-hydrogen) atoms. The van der Waals surface area contributed by atoms with Gasteiger partial charge in [-0.1, -0.05) is 51.1 Å². The van der Waals surface area contributed by atoms with Crippen LogP contribution in [0.2, 0.25) is 25.2 Å². The molecule has 0 saturated heterocycles. The van der Waals surface area contributed by atoms with Gasteiger partial charge in [0.25, 0.3) is 0 Å². The lowest BCUT2D eigenvalue weighted by atomic mass is 10.4. The number of hydrogen-bond donors (Lipinski definition) is 0. The van der Waals surface area contributed by atoms with E-state index in [1.165, 1.54) is 24.9 Å². The van der Waals surface area contributed by atoms with E-state index in [0.717, 1.165) is 0 Å². The van der Waals surface area contributed by atoms with Gasteiger partial charge in [0.2, 0.25) is 0 Å². The minimum Gasteiger partial charge on any atom is -0.0919 e. The van der Waals surface area contributed by atoms with Crippen LogP contribution in [0.5, 0.6) is 0 Å². The highest BCUT2D eigenvalue weighted by Crippen LogP contribution is 2.18. The molecule has 0 aromatic rings. The van der Waals surface area contributed by atoms with Gasteiger partial charge in [0.15, 0.2) is 0 Å². The first-order chi connectivity index (χ1) is 5.12. The van der Waals surface area contributed by atoms with Crippen LogP contribution in [0.15, 0.2) is 12.2 Å². The van der Waals surface area contributed by atoms with Crippen LogP contribution >= 0.6 is 0 Å². The zero-order chi connectivity index (χ0) is 8.74. The van der Waals surface area contributed by atoms with E-state index in [1.807, 2.05) is 0 Å². The van der Waals surface area contributed by atoms with Crippen molar-refractivity contribution in [2.75, 3.05) is 0 Å². The highest BCUT2D eigenvalue weighted by molar-refractivity contribution is 6.77. The molecule has 0 N–H and O–H groups in total. The van der Waals surface area contributed by atoms with E-state index < -0.39 is 8.07 Å². The topological polar surface area (TPSA) is 0 Å². The average Bonchev–Trinajstić information content (AvgIpc) is 1.97. The summed E-state index contributed by atoms with van der Waals surface area (Å²) in [4.78, 5) is 0. The minimum absolute atomic E-state index is 0.832. The zero-order valence-corrected chi connectivity index (χ0v) is 9.48. The Labute approximate surface area is 72.7 Å². The summed E-state index contributed by atoms with van der Waals surface area (Å²) in [7, 11) is -0.832. The first kappa shape index (κ1) is 11.0. The van der Waals surface area contributed by atoms with Gasteiger partial charge in [-0.3, -0.25) is 0 Å². The predicted molar refractivity (Wildman–Crippen MR) is 56.8 cm³/mol. The Bertz CT molecular complexity index is 114. The van der Waals surface area contributed by atoms with E-state index in [4.69, 9.17) is 0 Å². The van der Waals surface area contributed by atoms with Gasteiger partial charge in [-0.2, -0.15) is 0 Å². The van der Waals surface area contributed by atoms with Crippen LogP contribution in [0.1, 0.15) is 26.7 Å². The van der Waals surface area contributed by atoms with Crippen molar-refractivity contribution in [3.05, 3.63) is 12.2 Å². The molecular formula is C10H22Si. The maximum absolute atomic E-state index is 2.49. The Balaban J connectivity index is 3.60. The van der Waals surface area contributed by atoms with Gasteiger partial charge < -0.3 is 0 Å². The Morgan fingerprint density at radius 2 is 1.91 bits per heavy atom. The molecule has 0 aliphatic rings. The molecule has 0 aliphatic carbocycles. The first-order valence-electron chi connectivity index (χ1n) is 4.73. The second-order valence-corrected chi connectivity index (χ2v) is 9.28. The summed E-state index contributed by atoms with van der Waals surface area (Å²) < 4.78 is 0. The lowest BCUT2D eigenvalue weighted by Crippen LogP contribution is -2.23. The predicted octanol–water partition coefficient (Wildman–Crippen LogP) is 4.07. The molecule has 0 atom stereocenters. The van der Waals surface area contributed by atoms with Crippen molar-refractivity contribution in [3.63, 3.8) is 0 Å². The molecule has 0 aromatic heterocycles.